The number of aryl methyl sites for hydroxylation is 1. The molecule has 1 aliphatic rings. The largest absolute Gasteiger partial charge is 0.490 e. The van der Waals surface area contributed by atoms with E-state index in [1.807, 2.05) is 98.4 Å². The normalized spacial score (nSPS) is 17.2. The van der Waals surface area contributed by atoms with Gasteiger partial charge in [-0.2, -0.15) is 0 Å². The molecule has 0 spiro atoms. The number of anilines is 1. The first kappa shape index (κ1) is 28.5. The first-order chi connectivity index (χ1) is 19.6. The van der Waals surface area contributed by atoms with Crippen LogP contribution in [0.3, 0.4) is 0 Å². The van der Waals surface area contributed by atoms with E-state index in [2.05, 4.69) is 10.6 Å². The Morgan fingerprint density at radius 2 is 1.71 bits per heavy atom. The third-order valence-corrected chi connectivity index (χ3v) is 7.86. The standard InChI is InChI=1S/C32H37N3O5S/c1-32(2,3)40-31(37)34-22-8-10-25(11-9-22)39-26-14-12-24(13-15-26)38-20-21-6-5-7-23(18-21)33-30(36)28-19-29-27(35(28)4)16-17-41-29/h5-7,12-19,22,25H,8-11,20H2,1-4H3,(H,33,36)(H,34,37)/t22-,25+. The molecule has 216 valence electrons. The Bertz CT molecular complexity index is 1490. The number of hydrogen-bond acceptors (Lipinski definition) is 6. The van der Waals surface area contributed by atoms with Crippen LogP contribution in [0.2, 0.25) is 0 Å². The molecule has 1 saturated carbocycles. The molecule has 0 saturated heterocycles. The predicted molar refractivity (Wildman–Crippen MR) is 162 cm³/mol. The maximum Gasteiger partial charge on any atom is 0.407 e. The molecule has 2 N–H and O–H groups in total. The molecule has 2 aromatic heterocycles. The number of benzene rings is 2. The van der Waals surface area contributed by atoms with E-state index >= 15 is 0 Å². The number of hydrogen-bond donors (Lipinski definition) is 2. The summed E-state index contributed by atoms with van der Waals surface area (Å²) in [5, 5.41) is 7.99. The molecule has 0 radical (unpaired) electrons. The predicted octanol–water partition coefficient (Wildman–Crippen LogP) is 7.29. The molecular formula is C32H37N3O5S. The summed E-state index contributed by atoms with van der Waals surface area (Å²) in [6.07, 6.45) is 3.20. The van der Waals surface area contributed by atoms with E-state index in [0.717, 1.165) is 58.6 Å². The summed E-state index contributed by atoms with van der Waals surface area (Å²) in [6.45, 7) is 5.96. The van der Waals surface area contributed by atoms with E-state index in [9.17, 15) is 9.59 Å². The number of alkyl carbamates (subject to hydrolysis) is 1. The minimum absolute atomic E-state index is 0.114. The Hall–Kier alpha value is -3.98. The minimum Gasteiger partial charge on any atom is -0.490 e. The zero-order valence-corrected chi connectivity index (χ0v) is 24.8. The number of ether oxygens (including phenoxy) is 3. The number of aromatic nitrogens is 1. The van der Waals surface area contributed by atoms with Gasteiger partial charge in [0.15, 0.2) is 0 Å². The van der Waals surface area contributed by atoms with Gasteiger partial charge >= 0.3 is 6.09 Å². The van der Waals surface area contributed by atoms with E-state index in [0.29, 0.717) is 12.3 Å². The first-order valence-electron chi connectivity index (χ1n) is 14.0. The van der Waals surface area contributed by atoms with Gasteiger partial charge in [-0.15, -0.1) is 11.3 Å². The van der Waals surface area contributed by atoms with E-state index in [1.165, 1.54) is 0 Å². The average molecular weight is 576 g/mol. The molecule has 2 amide bonds. The molecule has 8 nitrogen and oxygen atoms in total. The number of rotatable bonds is 8. The van der Waals surface area contributed by atoms with Crippen molar-refractivity contribution >= 4 is 39.2 Å². The van der Waals surface area contributed by atoms with Gasteiger partial charge in [-0.1, -0.05) is 12.1 Å². The van der Waals surface area contributed by atoms with Crippen LogP contribution in [-0.2, 0) is 18.4 Å². The Morgan fingerprint density at radius 3 is 2.41 bits per heavy atom. The number of nitrogens with one attached hydrogen (secondary N) is 2. The Morgan fingerprint density at radius 1 is 0.976 bits per heavy atom. The summed E-state index contributed by atoms with van der Waals surface area (Å²) < 4.78 is 20.5. The number of carbonyl (C=O) groups is 2. The highest BCUT2D eigenvalue weighted by molar-refractivity contribution is 7.17. The van der Waals surface area contributed by atoms with Crippen molar-refractivity contribution in [2.45, 2.75) is 70.8 Å². The Labute approximate surface area is 244 Å². The maximum absolute atomic E-state index is 12.9. The highest BCUT2D eigenvalue weighted by atomic mass is 32.1. The van der Waals surface area contributed by atoms with E-state index in [4.69, 9.17) is 14.2 Å². The van der Waals surface area contributed by atoms with Gasteiger partial charge in [0.2, 0.25) is 0 Å². The fraction of sp³-hybridized carbons (Fsp3) is 0.375. The van der Waals surface area contributed by atoms with Crippen molar-refractivity contribution in [3.05, 3.63) is 77.3 Å². The average Bonchev–Trinajstić information content (AvgIpc) is 3.51. The topological polar surface area (TPSA) is 90.8 Å². The summed E-state index contributed by atoms with van der Waals surface area (Å²) in [6, 6.07) is 19.4. The van der Waals surface area contributed by atoms with Gasteiger partial charge in [0.25, 0.3) is 5.91 Å². The molecule has 9 heteroatoms. The van der Waals surface area contributed by atoms with Gasteiger partial charge in [-0.25, -0.2) is 4.79 Å². The molecule has 1 aliphatic carbocycles. The highest BCUT2D eigenvalue weighted by Gasteiger charge is 2.25. The van der Waals surface area contributed by atoms with Crippen LogP contribution in [0.15, 0.2) is 66.0 Å². The molecule has 0 bridgehead atoms. The summed E-state index contributed by atoms with van der Waals surface area (Å²) in [5.74, 6) is 1.39. The zero-order valence-electron chi connectivity index (χ0n) is 23.9. The van der Waals surface area contributed by atoms with Crippen molar-refractivity contribution in [3.63, 3.8) is 0 Å². The number of carbonyl (C=O) groups excluding carboxylic acids is 2. The lowest BCUT2D eigenvalue weighted by Gasteiger charge is -2.30. The third-order valence-electron chi connectivity index (χ3n) is 7.01. The fourth-order valence-corrected chi connectivity index (χ4v) is 5.82. The zero-order chi connectivity index (χ0) is 29.0. The molecule has 0 atom stereocenters. The summed E-state index contributed by atoms with van der Waals surface area (Å²) in [5.41, 5.74) is 2.86. The Kier molecular flexibility index (Phi) is 8.54. The number of thiophene rings is 1. The molecule has 4 aromatic rings. The van der Waals surface area contributed by atoms with Crippen molar-refractivity contribution in [1.82, 2.24) is 9.88 Å². The molecule has 2 heterocycles. The van der Waals surface area contributed by atoms with Crippen LogP contribution in [0.4, 0.5) is 10.5 Å². The van der Waals surface area contributed by atoms with E-state index < -0.39 is 5.60 Å². The van der Waals surface area contributed by atoms with Gasteiger partial charge in [0, 0.05) is 18.8 Å². The van der Waals surface area contributed by atoms with Gasteiger partial charge in [-0.05, 0) is 106 Å². The summed E-state index contributed by atoms with van der Waals surface area (Å²) >= 11 is 1.62. The van der Waals surface area contributed by atoms with Gasteiger partial charge in [-0.3, -0.25) is 4.79 Å². The van der Waals surface area contributed by atoms with Crippen LogP contribution in [-0.4, -0.2) is 34.3 Å². The van der Waals surface area contributed by atoms with Crippen molar-refractivity contribution in [1.29, 1.82) is 0 Å². The fourth-order valence-electron chi connectivity index (χ4n) is 4.97. The van der Waals surface area contributed by atoms with Crippen LogP contribution < -0.4 is 20.1 Å². The molecule has 0 unspecified atom stereocenters. The van der Waals surface area contributed by atoms with Crippen molar-refractivity contribution in [2.75, 3.05) is 5.32 Å². The number of amides is 2. The van der Waals surface area contributed by atoms with Crippen LogP contribution in [0.25, 0.3) is 10.2 Å². The molecule has 2 aromatic carbocycles. The first-order valence-corrected chi connectivity index (χ1v) is 14.8. The molecule has 0 aliphatic heterocycles. The second-order valence-corrected chi connectivity index (χ2v) is 12.4. The van der Waals surface area contributed by atoms with Gasteiger partial charge in [0.05, 0.1) is 16.3 Å². The van der Waals surface area contributed by atoms with Gasteiger partial charge in [0.1, 0.15) is 29.4 Å². The Balaban J connectivity index is 1.07. The lowest BCUT2D eigenvalue weighted by atomic mass is 9.93. The highest BCUT2D eigenvalue weighted by Crippen LogP contribution is 2.27. The summed E-state index contributed by atoms with van der Waals surface area (Å²) in [7, 11) is 1.90. The van der Waals surface area contributed by atoms with Crippen LogP contribution >= 0.6 is 11.3 Å². The van der Waals surface area contributed by atoms with E-state index in [1.54, 1.807) is 11.3 Å². The third kappa shape index (κ3) is 7.61. The van der Waals surface area contributed by atoms with Gasteiger partial charge < -0.3 is 29.4 Å². The van der Waals surface area contributed by atoms with Crippen LogP contribution in [0, 0.1) is 0 Å². The van der Waals surface area contributed by atoms with Crippen molar-refractivity contribution in [2.24, 2.45) is 7.05 Å². The molecule has 1 fully saturated rings. The summed E-state index contributed by atoms with van der Waals surface area (Å²) in [4.78, 5) is 24.9. The number of nitrogens with zero attached hydrogens (tertiary/aromatic N) is 1. The molecule has 5 rings (SSSR count). The van der Waals surface area contributed by atoms with Crippen LogP contribution in [0.5, 0.6) is 11.5 Å². The van der Waals surface area contributed by atoms with Crippen molar-refractivity contribution in [3.8, 4) is 11.5 Å². The maximum atomic E-state index is 12.9. The number of fused-ring (bicyclic) bond motifs is 1. The SMILES string of the molecule is Cn1c(C(=O)Nc2cccc(COc3ccc(O[C@H]4CC[C@@H](NC(=O)OC(C)(C)C)CC4)cc3)c2)cc2sccc21. The molecular weight excluding hydrogens is 538 g/mol. The van der Waals surface area contributed by atoms with E-state index in [-0.39, 0.29) is 24.1 Å². The smallest absolute Gasteiger partial charge is 0.407 e. The second kappa shape index (κ2) is 12.3. The second-order valence-electron chi connectivity index (χ2n) is 11.4. The monoisotopic (exact) mass is 575 g/mol. The quantitative estimate of drug-likeness (QED) is 0.230. The molecule has 41 heavy (non-hydrogen) atoms. The lowest BCUT2D eigenvalue weighted by Crippen LogP contribution is -2.42. The lowest BCUT2D eigenvalue weighted by molar-refractivity contribution is 0.0470. The van der Waals surface area contributed by atoms with Crippen molar-refractivity contribution < 1.29 is 23.8 Å². The van der Waals surface area contributed by atoms with Crippen LogP contribution in [0.1, 0.15) is 62.5 Å². The minimum atomic E-state index is -0.498.